The highest BCUT2D eigenvalue weighted by molar-refractivity contribution is 5.78. The fourth-order valence-corrected chi connectivity index (χ4v) is 2.07. The molecule has 0 unspecified atom stereocenters. The summed E-state index contributed by atoms with van der Waals surface area (Å²) in [5, 5.41) is 8.25. The van der Waals surface area contributed by atoms with E-state index in [1.54, 1.807) is 18.5 Å². The Morgan fingerprint density at radius 2 is 2.12 bits per heavy atom. The van der Waals surface area contributed by atoms with Gasteiger partial charge in [-0.25, -0.2) is 4.79 Å². The number of rotatable bonds is 2. The van der Waals surface area contributed by atoms with Gasteiger partial charge in [-0.1, -0.05) is 13.8 Å². The molecule has 17 heavy (non-hydrogen) atoms. The lowest BCUT2D eigenvalue weighted by molar-refractivity contribution is 0.237. The average Bonchev–Trinajstić information content (AvgIpc) is 2.94. The summed E-state index contributed by atoms with van der Waals surface area (Å²) in [6.45, 7) is 6.04. The van der Waals surface area contributed by atoms with Gasteiger partial charge in [-0.2, -0.15) is 19.6 Å². The Morgan fingerprint density at radius 3 is 2.65 bits per heavy atom. The second kappa shape index (κ2) is 4.53. The Bertz CT molecular complexity index is 525. The van der Waals surface area contributed by atoms with Crippen LogP contribution in [-0.2, 0) is 12.8 Å². The van der Waals surface area contributed by atoms with Crippen molar-refractivity contribution < 1.29 is 4.79 Å². The van der Waals surface area contributed by atoms with E-state index in [9.17, 15) is 4.79 Å². The van der Waals surface area contributed by atoms with E-state index in [2.05, 4.69) is 17.1 Å². The first-order valence-electron chi connectivity index (χ1n) is 5.80. The Kier molecular flexibility index (Phi) is 3.08. The molecular formula is C12H16N4O. The highest BCUT2D eigenvalue weighted by atomic mass is 16.2. The van der Waals surface area contributed by atoms with Gasteiger partial charge in [-0.05, 0) is 31.4 Å². The molecule has 0 spiro atoms. The summed E-state index contributed by atoms with van der Waals surface area (Å²) in [4.78, 5) is 12.2. The third kappa shape index (κ3) is 1.88. The largest absolute Gasteiger partial charge is 0.369 e. The maximum absolute atomic E-state index is 12.2. The number of nitrogens with zero attached hydrogens (tertiary/aromatic N) is 4. The first kappa shape index (κ1) is 11.6. The third-order valence-corrected chi connectivity index (χ3v) is 2.86. The number of aryl methyl sites for hydroxylation is 1. The molecule has 0 fully saturated rings. The molecule has 0 N–H and O–H groups in total. The maximum atomic E-state index is 12.2. The van der Waals surface area contributed by atoms with Crippen molar-refractivity contribution in [2.45, 2.75) is 33.6 Å². The van der Waals surface area contributed by atoms with Gasteiger partial charge in [0.05, 0.1) is 11.4 Å². The van der Waals surface area contributed by atoms with Crippen LogP contribution in [0.25, 0.3) is 0 Å². The van der Waals surface area contributed by atoms with Gasteiger partial charge in [0.15, 0.2) is 0 Å². The van der Waals surface area contributed by atoms with Crippen molar-refractivity contribution in [2.24, 2.45) is 0 Å². The van der Waals surface area contributed by atoms with Crippen LogP contribution in [0, 0.1) is 6.92 Å². The van der Waals surface area contributed by atoms with Crippen LogP contribution < -0.4 is 0 Å². The van der Waals surface area contributed by atoms with E-state index >= 15 is 0 Å². The summed E-state index contributed by atoms with van der Waals surface area (Å²) in [6.07, 6.45) is 4.89. The molecule has 0 aliphatic carbocycles. The highest BCUT2D eigenvalue weighted by Crippen LogP contribution is 2.15. The molecular weight excluding hydrogens is 216 g/mol. The van der Waals surface area contributed by atoms with Crippen molar-refractivity contribution in [2.75, 3.05) is 0 Å². The van der Waals surface area contributed by atoms with Crippen LogP contribution in [0.15, 0.2) is 18.5 Å². The highest BCUT2D eigenvalue weighted by Gasteiger charge is 2.18. The van der Waals surface area contributed by atoms with Crippen molar-refractivity contribution >= 4 is 6.03 Å². The normalized spacial score (nSPS) is 10.8. The van der Waals surface area contributed by atoms with Gasteiger partial charge in [0.2, 0.25) is 0 Å². The van der Waals surface area contributed by atoms with E-state index in [1.807, 2.05) is 13.8 Å². The molecule has 90 valence electrons. The molecule has 0 bridgehead atoms. The van der Waals surface area contributed by atoms with Gasteiger partial charge in [-0.3, -0.25) is 0 Å². The van der Waals surface area contributed by atoms with Crippen LogP contribution in [0.3, 0.4) is 0 Å². The summed E-state index contributed by atoms with van der Waals surface area (Å²) < 4.78 is 2.76. The number of aromatic nitrogens is 4. The van der Waals surface area contributed by atoms with Crippen molar-refractivity contribution in [1.82, 2.24) is 19.6 Å². The SMILES string of the molecule is CCc1c(C)nn(C(=O)n2cccn2)c1CC. The minimum Gasteiger partial charge on any atom is -0.244 e. The van der Waals surface area contributed by atoms with E-state index in [0.29, 0.717) is 0 Å². The molecule has 0 aliphatic rings. The zero-order valence-corrected chi connectivity index (χ0v) is 10.3. The third-order valence-electron chi connectivity index (χ3n) is 2.86. The fourth-order valence-electron chi connectivity index (χ4n) is 2.07. The summed E-state index contributed by atoms with van der Waals surface area (Å²) >= 11 is 0. The summed E-state index contributed by atoms with van der Waals surface area (Å²) in [5.41, 5.74) is 3.06. The van der Waals surface area contributed by atoms with Crippen LogP contribution in [-0.4, -0.2) is 25.6 Å². The quantitative estimate of drug-likeness (QED) is 0.796. The lowest BCUT2D eigenvalue weighted by atomic mass is 10.1. The smallest absolute Gasteiger partial charge is 0.244 e. The predicted molar refractivity (Wildman–Crippen MR) is 64.1 cm³/mol. The molecule has 0 aromatic carbocycles. The van der Waals surface area contributed by atoms with E-state index < -0.39 is 0 Å². The van der Waals surface area contributed by atoms with Crippen molar-refractivity contribution in [3.05, 3.63) is 35.4 Å². The van der Waals surface area contributed by atoms with Crippen LogP contribution >= 0.6 is 0 Å². The lowest BCUT2D eigenvalue weighted by Crippen LogP contribution is -2.23. The Morgan fingerprint density at radius 1 is 1.35 bits per heavy atom. The summed E-state index contributed by atoms with van der Waals surface area (Å²) in [5.74, 6) is 0. The molecule has 5 nitrogen and oxygen atoms in total. The first-order chi connectivity index (χ1) is 8.19. The van der Waals surface area contributed by atoms with E-state index in [0.717, 1.165) is 29.8 Å². The zero-order chi connectivity index (χ0) is 12.4. The molecule has 2 aromatic heterocycles. The van der Waals surface area contributed by atoms with Crippen LogP contribution in [0.1, 0.15) is 30.8 Å². The first-order valence-corrected chi connectivity index (χ1v) is 5.80. The van der Waals surface area contributed by atoms with E-state index in [1.165, 1.54) is 9.36 Å². The van der Waals surface area contributed by atoms with Gasteiger partial charge in [-0.15, -0.1) is 0 Å². The Balaban J connectivity index is 2.49. The van der Waals surface area contributed by atoms with Gasteiger partial charge >= 0.3 is 6.03 Å². The Hall–Kier alpha value is -1.91. The lowest BCUT2D eigenvalue weighted by Gasteiger charge is -2.05. The number of carbonyl (C=O) groups is 1. The van der Waals surface area contributed by atoms with Crippen molar-refractivity contribution in [3.8, 4) is 0 Å². The van der Waals surface area contributed by atoms with Gasteiger partial charge in [0.25, 0.3) is 0 Å². The molecule has 2 aromatic rings. The van der Waals surface area contributed by atoms with Crippen molar-refractivity contribution in [3.63, 3.8) is 0 Å². The van der Waals surface area contributed by atoms with Gasteiger partial charge < -0.3 is 0 Å². The van der Waals surface area contributed by atoms with Crippen LogP contribution in [0.5, 0.6) is 0 Å². The second-order valence-corrected chi connectivity index (χ2v) is 3.86. The molecule has 0 radical (unpaired) electrons. The van der Waals surface area contributed by atoms with E-state index in [4.69, 9.17) is 0 Å². The zero-order valence-electron chi connectivity index (χ0n) is 10.3. The second-order valence-electron chi connectivity index (χ2n) is 3.86. The fraction of sp³-hybridized carbons (Fsp3) is 0.417. The summed E-state index contributed by atoms with van der Waals surface area (Å²) in [7, 11) is 0. The number of carbonyl (C=O) groups excluding carboxylic acids is 1. The molecule has 0 amide bonds. The molecule has 0 aliphatic heterocycles. The minimum atomic E-state index is -0.227. The monoisotopic (exact) mass is 232 g/mol. The molecule has 0 atom stereocenters. The van der Waals surface area contributed by atoms with Crippen molar-refractivity contribution in [1.29, 1.82) is 0 Å². The van der Waals surface area contributed by atoms with Gasteiger partial charge in [0.1, 0.15) is 0 Å². The average molecular weight is 232 g/mol. The minimum absolute atomic E-state index is 0.227. The van der Waals surface area contributed by atoms with E-state index in [-0.39, 0.29) is 6.03 Å². The Labute approximate surface area is 100 Å². The van der Waals surface area contributed by atoms with Gasteiger partial charge in [0, 0.05) is 12.4 Å². The molecule has 5 heteroatoms. The number of hydrogen-bond donors (Lipinski definition) is 0. The maximum Gasteiger partial charge on any atom is 0.369 e. The molecule has 0 saturated carbocycles. The van der Waals surface area contributed by atoms with Crippen LogP contribution in [0.4, 0.5) is 4.79 Å². The summed E-state index contributed by atoms with van der Waals surface area (Å²) in [6, 6.07) is 1.50. The standard InChI is InChI=1S/C12H16N4O/c1-4-10-9(3)14-16(11(10)5-2)12(17)15-8-6-7-13-15/h6-8H,4-5H2,1-3H3. The molecule has 2 rings (SSSR count). The molecule has 2 heterocycles. The topological polar surface area (TPSA) is 52.7 Å². The van der Waals surface area contributed by atoms with Crippen LogP contribution in [0.2, 0.25) is 0 Å². The number of hydrogen-bond acceptors (Lipinski definition) is 3. The predicted octanol–water partition coefficient (Wildman–Crippen LogP) is 2.03. The molecule has 0 saturated heterocycles.